The van der Waals surface area contributed by atoms with Crippen LogP contribution in [0.15, 0.2) is 12.4 Å². The van der Waals surface area contributed by atoms with E-state index in [9.17, 15) is 0 Å². The predicted octanol–water partition coefficient (Wildman–Crippen LogP) is 1.18. The van der Waals surface area contributed by atoms with Gasteiger partial charge in [-0.3, -0.25) is 0 Å². The maximum absolute atomic E-state index is 3.98. The highest BCUT2D eigenvalue weighted by atomic mass is 15.4. The summed E-state index contributed by atoms with van der Waals surface area (Å²) in [4.78, 5) is 0. The molecule has 0 atom stereocenters. The van der Waals surface area contributed by atoms with Crippen molar-refractivity contribution >= 4 is 0 Å². The second kappa shape index (κ2) is 1.81. The number of nitrogens with zero attached hydrogens (tertiary/aromatic N) is 3. The van der Waals surface area contributed by atoms with Gasteiger partial charge in [0.15, 0.2) is 0 Å². The van der Waals surface area contributed by atoms with Crippen LogP contribution in [-0.2, 0) is 5.54 Å². The fourth-order valence-corrected chi connectivity index (χ4v) is 1.41. The Bertz CT molecular complexity index is 211. The van der Waals surface area contributed by atoms with Crippen LogP contribution in [0.1, 0.15) is 26.2 Å². The summed E-state index contributed by atoms with van der Waals surface area (Å²) in [6, 6.07) is 0. The van der Waals surface area contributed by atoms with E-state index in [1.54, 1.807) is 6.20 Å². The topological polar surface area (TPSA) is 30.7 Å². The molecule has 0 aliphatic heterocycles. The van der Waals surface area contributed by atoms with Crippen molar-refractivity contribution in [2.24, 2.45) is 0 Å². The maximum atomic E-state index is 3.98. The molecule has 0 bridgehead atoms. The Labute approximate surface area is 60.0 Å². The summed E-state index contributed by atoms with van der Waals surface area (Å²) in [6.07, 6.45) is 7.51. The van der Waals surface area contributed by atoms with Crippen LogP contribution in [0.3, 0.4) is 0 Å². The molecule has 1 fully saturated rings. The van der Waals surface area contributed by atoms with Crippen LogP contribution < -0.4 is 0 Å². The van der Waals surface area contributed by atoms with Crippen LogP contribution in [0.5, 0.6) is 0 Å². The summed E-state index contributed by atoms with van der Waals surface area (Å²) < 4.78 is 1.97. The molecule has 1 aliphatic rings. The van der Waals surface area contributed by atoms with Gasteiger partial charge in [-0.1, -0.05) is 5.21 Å². The minimum atomic E-state index is 0.288. The van der Waals surface area contributed by atoms with Gasteiger partial charge < -0.3 is 0 Å². The van der Waals surface area contributed by atoms with Crippen molar-refractivity contribution in [1.29, 1.82) is 0 Å². The zero-order chi connectivity index (χ0) is 7.03. The fraction of sp³-hybridized carbons (Fsp3) is 0.714. The summed E-state index contributed by atoms with van der Waals surface area (Å²) in [5.41, 5.74) is 0.288. The van der Waals surface area contributed by atoms with Gasteiger partial charge in [-0.2, -0.15) is 0 Å². The zero-order valence-electron chi connectivity index (χ0n) is 6.12. The molecule has 1 aromatic rings. The number of aromatic nitrogens is 3. The molecule has 1 heterocycles. The summed E-state index contributed by atoms with van der Waals surface area (Å²) >= 11 is 0. The molecule has 1 saturated carbocycles. The number of hydrogen-bond acceptors (Lipinski definition) is 2. The fourth-order valence-electron chi connectivity index (χ4n) is 1.41. The number of hydrogen-bond donors (Lipinski definition) is 0. The van der Waals surface area contributed by atoms with E-state index >= 15 is 0 Å². The zero-order valence-corrected chi connectivity index (χ0v) is 6.12. The summed E-state index contributed by atoms with van der Waals surface area (Å²) in [5, 5.41) is 7.76. The molecule has 2 rings (SSSR count). The highest BCUT2D eigenvalue weighted by molar-refractivity contribution is 4.89. The Morgan fingerprint density at radius 1 is 1.50 bits per heavy atom. The van der Waals surface area contributed by atoms with Gasteiger partial charge in [0.2, 0.25) is 0 Å². The predicted molar refractivity (Wildman–Crippen MR) is 37.5 cm³/mol. The van der Waals surface area contributed by atoms with Crippen molar-refractivity contribution in [3.8, 4) is 0 Å². The lowest BCUT2D eigenvalue weighted by molar-refractivity contribution is 0.146. The summed E-state index contributed by atoms with van der Waals surface area (Å²) in [5.74, 6) is 0. The molecule has 10 heavy (non-hydrogen) atoms. The minimum absolute atomic E-state index is 0.288. The van der Waals surface area contributed by atoms with Gasteiger partial charge in [-0.15, -0.1) is 5.10 Å². The molecule has 0 N–H and O–H groups in total. The summed E-state index contributed by atoms with van der Waals surface area (Å²) in [7, 11) is 0. The molecule has 1 aliphatic carbocycles. The van der Waals surface area contributed by atoms with Crippen LogP contribution in [0.4, 0.5) is 0 Å². The average Bonchev–Trinajstić information content (AvgIpc) is 2.33. The van der Waals surface area contributed by atoms with Gasteiger partial charge in [-0.25, -0.2) is 4.68 Å². The molecule has 3 nitrogen and oxygen atoms in total. The van der Waals surface area contributed by atoms with E-state index in [1.165, 1.54) is 19.3 Å². The smallest absolute Gasteiger partial charge is 0.0693 e. The Morgan fingerprint density at radius 2 is 2.30 bits per heavy atom. The third kappa shape index (κ3) is 0.664. The van der Waals surface area contributed by atoms with E-state index < -0.39 is 0 Å². The molecule has 0 aromatic carbocycles. The van der Waals surface area contributed by atoms with Crippen molar-refractivity contribution in [2.75, 3.05) is 0 Å². The molecule has 1 aromatic heterocycles. The SMILES string of the molecule is CC1(n2ccnn2)CCC1. The average molecular weight is 137 g/mol. The third-order valence-corrected chi connectivity index (χ3v) is 2.41. The molecule has 54 valence electrons. The second-order valence-corrected chi connectivity index (χ2v) is 3.20. The van der Waals surface area contributed by atoms with Crippen molar-refractivity contribution in [1.82, 2.24) is 15.0 Å². The first-order chi connectivity index (χ1) is 4.81. The van der Waals surface area contributed by atoms with Gasteiger partial charge in [0, 0.05) is 6.20 Å². The van der Waals surface area contributed by atoms with Crippen molar-refractivity contribution in [3.05, 3.63) is 12.4 Å². The van der Waals surface area contributed by atoms with Gasteiger partial charge in [0.1, 0.15) is 0 Å². The second-order valence-electron chi connectivity index (χ2n) is 3.20. The maximum Gasteiger partial charge on any atom is 0.0693 e. The van der Waals surface area contributed by atoms with Crippen LogP contribution in [0.25, 0.3) is 0 Å². The molecular weight excluding hydrogens is 126 g/mol. The van der Waals surface area contributed by atoms with Crippen molar-refractivity contribution < 1.29 is 0 Å². The van der Waals surface area contributed by atoms with E-state index in [1.807, 2.05) is 10.9 Å². The highest BCUT2D eigenvalue weighted by Crippen LogP contribution is 2.37. The third-order valence-electron chi connectivity index (χ3n) is 2.41. The first kappa shape index (κ1) is 5.89. The molecule has 3 heteroatoms. The lowest BCUT2D eigenvalue weighted by Crippen LogP contribution is -2.37. The van der Waals surface area contributed by atoms with Crippen LogP contribution >= 0.6 is 0 Å². The van der Waals surface area contributed by atoms with Gasteiger partial charge >= 0.3 is 0 Å². The Balaban J connectivity index is 2.27. The van der Waals surface area contributed by atoms with E-state index in [0.717, 1.165) is 0 Å². The van der Waals surface area contributed by atoms with Crippen LogP contribution in [0.2, 0.25) is 0 Å². The van der Waals surface area contributed by atoms with Gasteiger partial charge in [0.25, 0.3) is 0 Å². The van der Waals surface area contributed by atoms with Crippen molar-refractivity contribution in [2.45, 2.75) is 31.7 Å². The Morgan fingerprint density at radius 3 is 2.70 bits per heavy atom. The molecule has 0 amide bonds. The molecule has 0 spiro atoms. The molecule has 0 saturated heterocycles. The Hall–Kier alpha value is -0.860. The van der Waals surface area contributed by atoms with Crippen molar-refractivity contribution in [3.63, 3.8) is 0 Å². The van der Waals surface area contributed by atoms with Crippen LogP contribution in [-0.4, -0.2) is 15.0 Å². The van der Waals surface area contributed by atoms with E-state index in [4.69, 9.17) is 0 Å². The largest absolute Gasteiger partial charge is 0.247 e. The molecule has 0 unspecified atom stereocenters. The first-order valence-corrected chi connectivity index (χ1v) is 3.68. The Kier molecular flexibility index (Phi) is 1.07. The van der Waals surface area contributed by atoms with E-state index in [-0.39, 0.29) is 5.54 Å². The lowest BCUT2D eigenvalue weighted by Gasteiger charge is -2.37. The summed E-state index contributed by atoms with van der Waals surface area (Å²) in [6.45, 7) is 2.23. The molecular formula is C7H11N3. The van der Waals surface area contributed by atoms with E-state index in [0.29, 0.717) is 0 Å². The highest BCUT2D eigenvalue weighted by Gasteiger charge is 2.34. The van der Waals surface area contributed by atoms with Crippen LogP contribution in [0, 0.1) is 0 Å². The van der Waals surface area contributed by atoms with Gasteiger partial charge in [0.05, 0.1) is 11.7 Å². The minimum Gasteiger partial charge on any atom is -0.247 e. The normalized spacial score (nSPS) is 22.1. The molecule has 0 radical (unpaired) electrons. The quantitative estimate of drug-likeness (QED) is 0.581. The van der Waals surface area contributed by atoms with Gasteiger partial charge in [-0.05, 0) is 26.2 Å². The van der Waals surface area contributed by atoms with E-state index in [2.05, 4.69) is 17.2 Å². The first-order valence-electron chi connectivity index (χ1n) is 3.68. The lowest BCUT2D eigenvalue weighted by atomic mass is 9.79. The number of rotatable bonds is 1. The standard InChI is InChI=1S/C7H11N3/c1-7(3-2-4-7)10-6-5-8-9-10/h5-6H,2-4H2,1H3. The monoisotopic (exact) mass is 137 g/mol.